The van der Waals surface area contributed by atoms with Gasteiger partial charge in [-0.15, -0.1) is 11.3 Å². The van der Waals surface area contributed by atoms with Crippen LogP contribution in [0.2, 0.25) is 0 Å². The highest BCUT2D eigenvalue weighted by atomic mass is 32.2. The summed E-state index contributed by atoms with van der Waals surface area (Å²) in [5.41, 5.74) is 0.171. The van der Waals surface area contributed by atoms with Crippen LogP contribution in [-0.2, 0) is 14.8 Å². The van der Waals surface area contributed by atoms with Crippen molar-refractivity contribution >= 4 is 33.0 Å². The fourth-order valence-electron chi connectivity index (χ4n) is 2.77. The first kappa shape index (κ1) is 19.0. The first-order valence-electron chi connectivity index (χ1n) is 8.27. The molecule has 2 aromatic rings. The molecule has 3 rings (SSSR count). The number of sulfonamides is 1. The number of halogens is 1. The Morgan fingerprint density at radius 2 is 1.85 bits per heavy atom. The van der Waals surface area contributed by atoms with Crippen molar-refractivity contribution in [2.75, 3.05) is 38.0 Å². The Hall–Kier alpha value is -1.81. The molecule has 0 saturated carbocycles. The smallest absolute Gasteiger partial charge is 0.252 e. The zero-order chi connectivity index (χ0) is 18.6. The van der Waals surface area contributed by atoms with E-state index in [-0.39, 0.29) is 18.0 Å². The van der Waals surface area contributed by atoms with E-state index in [2.05, 4.69) is 5.32 Å². The molecular weight excluding hydrogens is 377 g/mol. The topological polar surface area (TPSA) is 69.7 Å². The van der Waals surface area contributed by atoms with E-state index in [1.165, 1.54) is 27.8 Å². The Balaban J connectivity index is 1.46. The molecule has 0 unspecified atom stereocenters. The molecule has 2 heterocycles. The van der Waals surface area contributed by atoms with Crippen LogP contribution >= 0.6 is 11.3 Å². The van der Waals surface area contributed by atoms with Crippen LogP contribution in [-0.4, -0.2) is 56.3 Å². The Bertz CT molecular complexity index is 848. The molecule has 6 nitrogen and oxygen atoms in total. The van der Waals surface area contributed by atoms with Gasteiger partial charge in [0.1, 0.15) is 10.0 Å². The van der Waals surface area contributed by atoms with Crippen LogP contribution in [0.25, 0.3) is 0 Å². The van der Waals surface area contributed by atoms with Gasteiger partial charge in [0.05, 0.1) is 5.69 Å². The molecule has 0 atom stereocenters. The maximum absolute atomic E-state index is 13.5. The lowest BCUT2D eigenvalue weighted by Gasteiger charge is -2.33. The number of piperazine rings is 1. The van der Waals surface area contributed by atoms with Gasteiger partial charge < -0.3 is 10.2 Å². The second-order valence-corrected chi connectivity index (χ2v) is 9.07. The number of thiophene rings is 1. The molecule has 0 radical (unpaired) electrons. The molecule has 26 heavy (non-hydrogen) atoms. The number of amides is 1. The standard InChI is InChI=1S/C17H20FN3O3S2/c18-14-4-1-2-5-15(14)19-16(22)7-8-20-9-11-21(12-10-20)26(23,24)17-6-3-13-25-17/h1-6,13H,7-12H2,(H,19,22). The first-order valence-corrected chi connectivity index (χ1v) is 10.6. The van der Waals surface area contributed by atoms with Crippen LogP contribution in [0, 0.1) is 5.82 Å². The number of para-hydroxylation sites is 1. The summed E-state index contributed by atoms with van der Waals surface area (Å²) in [6.07, 6.45) is 0.228. The van der Waals surface area contributed by atoms with E-state index < -0.39 is 15.8 Å². The molecule has 1 aromatic carbocycles. The van der Waals surface area contributed by atoms with Gasteiger partial charge >= 0.3 is 0 Å². The summed E-state index contributed by atoms with van der Waals surface area (Å²) in [5.74, 6) is -0.725. The van der Waals surface area contributed by atoms with E-state index >= 15 is 0 Å². The van der Waals surface area contributed by atoms with Gasteiger partial charge in [-0.2, -0.15) is 4.31 Å². The SMILES string of the molecule is O=C(CCN1CCN(S(=O)(=O)c2cccs2)CC1)Nc1ccccc1F. The average Bonchev–Trinajstić information content (AvgIpc) is 3.18. The quantitative estimate of drug-likeness (QED) is 0.812. The summed E-state index contributed by atoms with van der Waals surface area (Å²) in [5, 5.41) is 4.30. The summed E-state index contributed by atoms with van der Waals surface area (Å²) < 4.78 is 40.3. The number of hydrogen-bond acceptors (Lipinski definition) is 5. The van der Waals surface area contributed by atoms with Crippen LogP contribution in [0.15, 0.2) is 46.0 Å². The number of nitrogens with one attached hydrogen (secondary N) is 1. The van der Waals surface area contributed by atoms with E-state index in [4.69, 9.17) is 0 Å². The van der Waals surface area contributed by atoms with Gasteiger partial charge in [0.25, 0.3) is 10.0 Å². The molecule has 1 amide bonds. The Kier molecular flexibility index (Phi) is 6.02. The van der Waals surface area contributed by atoms with Crippen LogP contribution in [0.5, 0.6) is 0 Å². The fourth-order valence-corrected chi connectivity index (χ4v) is 5.33. The molecule has 1 aliphatic heterocycles. The number of anilines is 1. The van der Waals surface area contributed by atoms with Crippen LogP contribution in [0.1, 0.15) is 6.42 Å². The lowest BCUT2D eigenvalue weighted by molar-refractivity contribution is -0.116. The van der Waals surface area contributed by atoms with Crippen LogP contribution in [0.3, 0.4) is 0 Å². The Labute approximate surface area is 156 Å². The maximum Gasteiger partial charge on any atom is 0.252 e. The molecule has 1 aromatic heterocycles. The van der Waals surface area contributed by atoms with E-state index in [1.807, 2.05) is 4.90 Å². The van der Waals surface area contributed by atoms with E-state index in [0.29, 0.717) is 36.9 Å². The number of nitrogens with zero attached hydrogens (tertiary/aromatic N) is 2. The fraction of sp³-hybridized carbons (Fsp3) is 0.353. The second-order valence-electron chi connectivity index (χ2n) is 5.96. The molecule has 1 fully saturated rings. The van der Waals surface area contributed by atoms with E-state index in [0.717, 1.165) is 0 Å². The predicted octanol–water partition coefficient (Wildman–Crippen LogP) is 2.22. The Morgan fingerprint density at radius 3 is 2.50 bits per heavy atom. The minimum absolute atomic E-state index is 0.171. The lowest BCUT2D eigenvalue weighted by Crippen LogP contribution is -2.48. The Morgan fingerprint density at radius 1 is 1.12 bits per heavy atom. The summed E-state index contributed by atoms with van der Waals surface area (Å²) in [4.78, 5) is 14.0. The number of carbonyl (C=O) groups excluding carboxylic acids is 1. The highest BCUT2D eigenvalue weighted by molar-refractivity contribution is 7.91. The van der Waals surface area contributed by atoms with Gasteiger partial charge in [0, 0.05) is 39.1 Å². The van der Waals surface area contributed by atoms with Gasteiger partial charge in [-0.25, -0.2) is 12.8 Å². The monoisotopic (exact) mass is 397 g/mol. The van der Waals surface area contributed by atoms with Gasteiger partial charge in [0.15, 0.2) is 0 Å². The molecule has 0 aliphatic carbocycles. The number of rotatable bonds is 6. The van der Waals surface area contributed by atoms with Crippen molar-refractivity contribution in [3.05, 3.63) is 47.6 Å². The summed E-state index contributed by atoms with van der Waals surface area (Å²) >= 11 is 1.21. The van der Waals surface area contributed by atoms with Crippen LogP contribution < -0.4 is 5.32 Å². The molecule has 1 saturated heterocycles. The van der Waals surface area contributed by atoms with Crippen molar-refractivity contribution in [2.24, 2.45) is 0 Å². The van der Waals surface area contributed by atoms with E-state index in [1.54, 1.807) is 29.6 Å². The third kappa shape index (κ3) is 4.47. The largest absolute Gasteiger partial charge is 0.324 e. The van der Waals surface area contributed by atoms with Gasteiger partial charge in [-0.05, 0) is 23.6 Å². The first-order chi connectivity index (χ1) is 12.5. The van der Waals surface area contributed by atoms with Crippen molar-refractivity contribution in [1.82, 2.24) is 9.21 Å². The van der Waals surface area contributed by atoms with Crippen molar-refractivity contribution in [2.45, 2.75) is 10.6 Å². The van der Waals surface area contributed by atoms with Crippen molar-refractivity contribution in [3.8, 4) is 0 Å². The average molecular weight is 397 g/mol. The molecule has 9 heteroatoms. The predicted molar refractivity (Wildman–Crippen MR) is 99.2 cm³/mol. The summed E-state index contributed by atoms with van der Waals surface area (Å²) in [6, 6.07) is 9.37. The molecule has 1 aliphatic rings. The maximum atomic E-state index is 13.5. The second kappa shape index (κ2) is 8.26. The zero-order valence-corrected chi connectivity index (χ0v) is 15.7. The van der Waals surface area contributed by atoms with Gasteiger partial charge in [-0.3, -0.25) is 4.79 Å². The van der Waals surface area contributed by atoms with Crippen molar-refractivity contribution < 1.29 is 17.6 Å². The highest BCUT2D eigenvalue weighted by Gasteiger charge is 2.29. The third-order valence-electron chi connectivity index (χ3n) is 4.22. The minimum atomic E-state index is -3.41. The van der Waals surface area contributed by atoms with Crippen molar-refractivity contribution in [1.29, 1.82) is 0 Å². The normalized spacial score (nSPS) is 16.5. The molecule has 1 N–H and O–H groups in total. The molecule has 0 spiro atoms. The highest BCUT2D eigenvalue weighted by Crippen LogP contribution is 2.22. The van der Waals surface area contributed by atoms with Crippen molar-refractivity contribution in [3.63, 3.8) is 0 Å². The van der Waals surface area contributed by atoms with Gasteiger partial charge in [0.2, 0.25) is 5.91 Å². The number of benzene rings is 1. The molecule has 0 bridgehead atoms. The zero-order valence-electron chi connectivity index (χ0n) is 14.1. The minimum Gasteiger partial charge on any atom is -0.324 e. The van der Waals surface area contributed by atoms with E-state index in [9.17, 15) is 17.6 Å². The summed E-state index contributed by atoms with van der Waals surface area (Å²) in [7, 11) is -3.41. The number of hydrogen-bond donors (Lipinski definition) is 1. The summed E-state index contributed by atoms with van der Waals surface area (Å²) in [6.45, 7) is 2.44. The number of carbonyl (C=O) groups is 1. The molecule has 140 valence electrons. The van der Waals surface area contributed by atoms with Gasteiger partial charge in [-0.1, -0.05) is 18.2 Å². The third-order valence-corrected chi connectivity index (χ3v) is 7.50. The van der Waals surface area contributed by atoms with Crippen LogP contribution in [0.4, 0.5) is 10.1 Å². The molecular formula is C17H20FN3O3S2. The lowest BCUT2D eigenvalue weighted by atomic mass is 10.2.